The second-order valence-electron chi connectivity index (χ2n) is 4.72. The van der Waals surface area contributed by atoms with E-state index in [1.54, 1.807) is 0 Å². The maximum atomic E-state index is 11.3. The Kier molecular flexibility index (Phi) is 12.6. The number of rotatable bonds is 12. The Hall–Kier alpha value is -1.10. The van der Waals surface area contributed by atoms with Crippen LogP contribution >= 0.6 is 0 Å². The molecule has 0 radical (unpaired) electrons. The SMILES string of the molecule is COC(=O)CNC(=O)CCCCCCCCCCN. The van der Waals surface area contributed by atoms with Gasteiger partial charge in [-0.1, -0.05) is 38.5 Å². The number of carbonyl (C=O) groups excluding carboxylic acids is 2. The summed E-state index contributed by atoms with van der Waals surface area (Å²) in [7, 11) is 1.31. The maximum Gasteiger partial charge on any atom is 0.325 e. The van der Waals surface area contributed by atoms with E-state index < -0.39 is 5.97 Å². The molecule has 5 heteroatoms. The van der Waals surface area contributed by atoms with Crippen LogP contribution in [-0.4, -0.2) is 32.1 Å². The molecular weight excluding hydrogens is 244 g/mol. The van der Waals surface area contributed by atoms with Gasteiger partial charge in [0, 0.05) is 6.42 Å². The Labute approximate surface area is 116 Å². The van der Waals surface area contributed by atoms with E-state index in [2.05, 4.69) is 10.1 Å². The fourth-order valence-electron chi connectivity index (χ4n) is 1.82. The van der Waals surface area contributed by atoms with E-state index >= 15 is 0 Å². The Balaban J connectivity index is 3.21. The van der Waals surface area contributed by atoms with Crippen molar-refractivity contribution in [2.75, 3.05) is 20.2 Å². The summed E-state index contributed by atoms with van der Waals surface area (Å²) in [6, 6.07) is 0. The van der Waals surface area contributed by atoms with E-state index in [0.29, 0.717) is 6.42 Å². The highest BCUT2D eigenvalue weighted by Gasteiger charge is 2.04. The molecule has 0 bridgehead atoms. The van der Waals surface area contributed by atoms with Crippen LogP contribution in [0.2, 0.25) is 0 Å². The molecule has 0 aromatic heterocycles. The lowest BCUT2D eigenvalue weighted by atomic mass is 10.1. The summed E-state index contributed by atoms with van der Waals surface area (Å²) in [5, 5.41) is 2.53. The number of carbonyl (C=O) groups is 2. The second kappa shape index (κ2) is 13.3. The molecule has 112 valence electrons. The van der Waals surface area contributed by atoms with Crippen molar-refractivity contribution in [1.82, 2.24) is 5.32 Å². The summed E-state index contributed by atoms with van der Waals surface area (Å²) in [4.78, 5) is 22.1. The minimum Gasteiger partial charge on any atom is -0.468 e. The quantitative estimate of drug-likeness (QED) is 0.419. The summed E-state index contributed by atoms with van der Waals surface area (Å²) in [5.74, 6) is -0.487. The zero-order valence-electron chi connectivity index (χ0n) is 12.1. The molecule has 5 nitrogen and oxygen atoms in total. The molecule has 0 saturated heterocycles. The molecule has 0 rings (SSSR count). The molecule has 19 heavy (non-hydrogen) atoms. The third kappa shape index (κ3) is 13.1. The summed E-state index contributed by atoms with van der Waals surface area (Å²) < 4.78 is 4.44. The van der Waals surface area contributed by atoms with Gasteiger partial charge in [-0.25, -0.2) is 0 Å². The first-order valence-corrected chi connectivity index (χ1v) is 7.24. The first-order chi connectivity index (χ1) is 9.20. The summed E-state index contributed by atoms with van der Waals surface area (Å²) in [6.07, 6.45) is 9.72. The monoisotopic (exact) mass is 272 g/mol. The number of nitrogens with one attached hydrogen (secondary N) is 1. The van der Waals surface area contributed by atoms with Gasteiger partial charge in [-0.15, -0.1) is 0 Å². The van der Waals surface area contributed by atoms with Gasteiger partial charge in [-0.05, 0) is 19.4 Å². The average molecular weight is 272 g/mol. The first-order valence-electron chi connectivity index (χ1n) is 7.24. The summed E-state index contributed by atoms with van der Waals surface area (Å²) >= 11 is 0. The zero-order chi connectivity index (χ0) is 14.3. The summed E-state index contributed by atoms with van der Waals surface area (Å²) in [5.41, 5.74) is 5.42. The average Bonchev–Trinajstić information content (AvgIpc) is 2.42. The van der Waals surface area contributed by atoms with Crippen LogP contribution in [0.5, 0.6) is 0 Å². The number of unbranched alkanes of at least 4 members (excludes halogenated alkanes) is 7. The van der Waals surface area contributed by atoms with Gasteiger partial charge < -0.3 is 15.8 Å². The molecule has 0 fully saturated rings. The normalized spacial score (nSPS) is 10.2. The van der Waals surface area contributed by atoms with Gasteiger partial charge in [0.05, 0.1) is 7.11 Å². The van der Waals surface area contributed by atoms with Crippen molar-refractivity contribution in [1.29, 1.82) is 0 Å². The highest BCUT2D eigenvalue weighted by Crippen LogP contribution is 2.09. The lowest BCUT2D eigenvalue weighted by molar-refractivity contribution is -0.141. The maximum absolute atomic E-state index is 11.3. The number of esters is 1. The second-order valence-corrected chi connectivity index (χ2v) is 4.72. The number of methoxy groups -OCH3 is 1. The van der Waals surface area contributed by atoms with E-state index in [-0.39, 0.29) is 12.5 Å². The first kappa shape index (κ1) is 17.9. The number of hydrogen-bond acceptors (Lipinski definition) is 4. The largest absolute Gasteiger partial charge is 0.468 e. The standard InChI is InChI=1S/C14H28N2O3/c1-19-14(18)12-16-13(17)10-8-6-4-2-3-5-7-9-11-15/h2-12,15H2,1H3,(H,16,17). The molecule has 0 heterocycles. The van der Waals surface area contributed by atoms with Gasteiger partial charge in [0.1, 0.15) is 6.54 Å². The zero-order valence-corrected chi connectivity index (χ0v) is 12.1. The van der Waals surface area contributed by atoms with Crippen LogP contribution < -0.4 is 11.1 Å². The van der Waals surface area contributed by atoms with Crippen molar-refractivity contribution in [3.63, 3.8) is 0 Å². The molecule has 0 aromatic carbocycles. The third-order valence-electron chi connectivity index (χ3n) is 3.02. The Bertz CT molecular complexity index is 245. The molecule has 0 aromatic rings. The van der Waals surface area contributed by atoms with Gasteiger partial charge in [-0.3, -0.25) is 9.59 Å². The molecule has 0 aliphatic carbocycles. The predicted octanol–water partition coefficient (Wildman–Crippen LogP) is 1.75. The van der Waals surface area contributed by atoms with E-state index in [1.165, 1.54) is 39.2 Å². The van der Waals surface area contributed by atoms with Crippen molar-refractivity contribution in [2.45, 2.75) is 57.8 Å². The van der Waals surface area contributed by atoms with Gasteiger partial charge in [0.15, 0.2) is 0 Å². The molecule has 3 N–H and O–H groups in total. The van der Waals surface area contributed by atoms with Gasteiger partial charge in [-0.2, -0.15) is 0 Å². The van der Waals surface area contributed by atoms with Crippen LogP contribution in [0.15, 0.2) is 0 Å². The van der Waals surface area contributed by atoms with Gasteiger partial charge in [0.25, 0.3) is 0 Å². The molecule has 0 atom stereocenters. The van der Waals surface area contributed by atoms with Crippen LogP contribution in [0, 0.1) is 0 Å². The van der Waals surface area contributed by atoms with Crippen molar-refractivity contribution < 1.29 is 14.3 Å². The molecule has 0 saturated carbocycles. The fourth-order valence-corrected chi connectivity index (χ4v) is 1.82. The minimum absolute atomic E-state index is 0.0313. The van der Waals surface area contributed by atoms with E-state index in [9.17, 15) is 9.59 Å². The Morgan fingerprint density at radius 1 is 0.947 bits per heavy atom. The molecule has 1 amide bonds. The van der Waals surface area contributed by atoms with E-state index in [1.807, 2.05) is 0 Å². The van der Waals surface area contributed by atoms with Crippen molar-refractivity contribution in [3.8, 4) is 0 Å². The van der Waals surface area contributed by atoms with Gasteiger partial charge in [0.2, 0.25) is 5.91 Å². The molecular formula is C14H28N2O3. The number of hydrogen-bond donors (Lipinski definition) is 2. The van der Waals surface area contributed by atoms with Crippen molar-refractivity contribution in [2.24, 2.45) is 5.73 Å². The number of amides is 1. The molecule has 0 aliphatic rings. The van der Waals surface area contributed by atoms with Crippen LogP contribution in [0.4, 0.5) is 0 Å². The third-order valence-corrected chi connectivity index (χ3v) is 3.02. The van der Waals surface area contributed by atoms with Crippen molar-refractivity contribution in [3.05, 3.63) is 0 Å². The lowest BCUT2D eigenvalue weighted by Crippen LogP contribution is -2.29. The molecule has 0 unspecified atom stereocenters. The fraction of sp³-hybridized carbons (Fsp3) is 0.857. The van der Waals surface area contributed by atoms with Gasteiger partial charge >= 0.3 is 5.97 Å². The van der Waals surface area contributed by atoms with Crippen LogP contribution in [0.25, 0.3) is 0 Å². The topological polar surface area (TPSA) is 81.4 Å². The number of ether oxygens (including phenoxy) is 1. The lowest BCUT2D eigenvalue weighted by Gasteiger charge is -2.04. The minimum atomic E-state index is -0.411. The van der Waals surface area contributed by atoms with Crippen LogP contribution in [-0.2, 0) is 14.3 Å². The Morgan fingerprint density at radius 2 is 1.47 bits per heavy atom. The highest BCUT2D eigenvalue weighted by molar-refractivity contribution is 5.81. The molecule has 0 spiro atoms. The highest BCUT2D eigenvalue weighted by atomic mass is 16.5. The van der Waals surface area contributed by atoms with E-state index in [4.69, 9.17) is 5.73 Å². The van der Waals surface area contributed by atoms with Crippen LogP contribution in [0.3, 0.4) is 0 Å². The Morgan fingerprint density at radius 3 is 2.00 bits per heavy atom. The summed E-state index contributed by atoms with van der Waals surface area (Å²) in [6.45, 7) is 0.761. The smallest absolute Gasteiger partial charge is 0.325 e. The van der Waals surface area contributed by atoms with Crippen LogP contribution in [0.1, 0.15) is 57.8 Å². The predicted molar refractivity (Wildman–Crippen MR) is 75.6 cm³/mol. The van der Waals surface area contributed by atoms with Crippen molar-refractivity contribution >= 4 is 11.9 Å². The molecule has 0 aliphatic heterocycles. The van der Waals surface area contributed by atoms with E-state index in [0.717, 1.165) is 25.8 Å². The number of nitrogens with two attached hydrogens (primary N) is 1.